The third-order valence-electron chi connectivity index (χ3n) is 13.1. The van der Waals surface area contributed by atoms with Crippen molar-refractivity contribution in [3.05, 3.63) is 147 Å². The zero-order valence-electron chi connectivity index (χ0n) is 42.5. The SMILES string of the molecule is COc1ccc(N(C(=O)Nc2ccc(C#N)cc2)C(C)c2nc3ccccc3c(=O)n2N2CCN(C)CC2)c(OC)c1.COc1ccc(NC(C)c2nc3ccccc3c(=O)n2N2CCN(C)CC2)c(OC)c1.[2HH]. The lowest BCUT2D eigenvalue weighted by Crippen LogP contribution is -2.55. The molecule has 5 aromatic carbocycles. The quantitative estimate of drug-likeness (QED) is 0.124. The van der Waals surface area contributed by atoms with Crippen molar-refractivity contribution in [3.8, 4) is 29.1 Å². The Labute approximate surface area is 425 Å². The Balaban J connectivity index is 0.000000223. The molecule has 19 nitrogen and oxygen atoms in total. The highest BCUT2D eigenvalue weighted by molar-refractivity contribution is 6.03. The van der Waals surface area contributed by atoms with Gasteiger partial charge in [0.2, 0.25) is 0 Å². The fourth-order valence-electron chi connectivity index (χ4n) is 8.99. The Bertz CT molecular complexity index is 3240. The summed E-state index contributed by atoms with van der Waals surface area (Å²) in [6, 6.07) is 32.8. The molecule has 2 N–H and O–H groups in total. The van der Waals surface area contributed by atoms with Gasteiger partial charge in [0.15, 0.2) is 11.6 Å². The van der Waals surface area contributed by atoms with Gasteiger partial charge in [0.25, 0.3) is 11.1 Å². The van der Waals surface area contributed by atoms with E-state index in [1.807, 2.05) is 80.5 Å². The second-order valence-electron chi connectivity index (χ2n) is 17.9. The van der Waals surface area contributed by atoms with E-state index in [0.717, 1.165) is 45.0 Å². The molecule has 4 heterocycles. The Hall–Kier alpha value is -8.34. The fourth-order valence-corrected chi connectivity index (χ4v) is 8.99. The number of hydrogen-bond acceptors (Lipinski definition) is 15. The van der Waals surface area contributed by atoms with Gasteiger partial charge in [0, 0.05) is 71.6 Å². The molecule has 2 unspecified atom stereocenters. The second kappa shape index (κ2) is 22.8. The van der Waals surface area contributed by atoms with Gasteiger partial charge in [-0.05, 0) is 101 Å². The van der Waals surface area contributed by atoms with Crippen LogP contribution in [0.15, 0.2) is 119 Å². The number of hydrogen-bond donors (Lipinski definition) is 2. The standard InChI is InChI=1S/C31H33N7O4.C23H29N5O3.H2/c1-21(29-34-26-8-6-5-7-25(26)30(39)38(29)36-17-15-35(2)16-18-36)37(27-14-13-24(41-3)19-28(27)42-4)31(40)33-23-11-9-22(20-32)10-12-23;1-16(24-20-10-9-17(30-3)15-21(20)31-4)22-25-19-8-6-5-7-18(19)23(29)28(22)27-13-11-26(2)12-14-27;/h5-14,19,21H,15-18H2,1-4H3,(H,33,40);5-10,15-16,24H,11-14H2,1-4H3;1H/i;;1+1. The summed E-state index contributed by atoms with van der Waals surface area (Å²) in [6.45, 7) is 9.98. The Morgan fingerprint density at radius 1 is 0.644 bits per heavy atom. The number of fused-ring (bicyclic) bond motifs is 2. The number of amides is 2. The average Bonchev–Trinajstić information content (AvgIpc) is 3.42. The van der Waals surface area contributed by atoms with Gasteiger partial charge in [0.05, 0.1) is 85.3 Å². The minimum Gasteiger partial charge on any atom is -0.497 e. The molecule has 2 aromatic heterocycles. The van der Waals surface area contributed by atoms with Crippen molar-refractivity contribution in [1.29, 1.82) is 5.26 Å². The molecule has 382 valence electrons. The molecule has 2 aliphatic rings. The maximum absolute atomic E-state index is 14.1. The molecule has 0 saturated carbocycles. The lowest BCUT2D eigenvalue weighted by molar-refractivity contribution is 0.253. The number of methoxy groups -OCH3 is 4. The molecular formula is C54H64N12O7. The fraction of sp³-hybridized carbons (Fsp3) is 0.333. The number of nitrogens with zero attached hydrogens (tertiary/aromatic N) is 10. The van der Waals surface area contributed by atoms with Crippen molar-refractivity contribution in [2.45, 2.75) is 25.9 Å². The normalized spacial score (nSPS) is 14.8. The molecule has 73 heavy (non-hydrogen) atoms. The van der Waals surface area contributed by atoms with E-state index >= 15 is 0 Å². The molecule has 9 rings (SSSR count). The van der Waals surface area contributed by atoms with Crippen LogP contribution in [0.2, 0.25) is 0 Å². The zero-order valence-corrected chi connectivity index (χ0v) is 42.5. The zero-order chi connectivity index (χ0) is 51.8. The molecule has 0 bridgehead atoms. The number of urea groups is 1. The van der Waals surface area contributed by atoms with Crippen LogP contribution >= 0.6 is 0 Å². The first-order valence-corrected chi connectivity index (χ1v) is 24.1. The number of benzene rings is 5. The van der Waals surface area contributed by atoms with Gasteiger partial charge in [-0.1, -0.05) is 24.3 Å². The van der Waals surface area contributed by atoms with Crippen molar-refractivity contribution >= 4 is 44.9 Å². The number of nitriles is 1. The molecule has 2 amide bonds. The number of nitrogens with one attached hydrogen (secondary N) is 2. The molecule has 0 spiro atoms. The molecule has 2 saturated heterocycles. The Morgan fingerprint density at radius 3 is 1.66 bits per heavy atom. The Morgan fingerprint density at radius 2 is 1.14 bits per heavy atom. The number of rotatable bonds is 13. The number of carbonyl (C=O) groups is 1. The molecule has 0 radical (unpaired) electrons. The smallest absolute Gasteiger partial charge is 0.327 e. The maximum atomic E-state index is 14.1. The summed E-state index contributed by atoms with van der Waals surface area (Å²) in [6.07, 6.45) is 0. The summed E-state index contributed by atoms with van der Waals surface area (Å²) in [4.78, 5) is 57.5. The van der Waals surface area contributed by atoms with E-state index in [9.17, 15) is 19.6 Å². The highest BCUT2D eigenvalue weighted by Gasteiger charge is 2.33. The maximum Gasteiger partial charge on any atom is 0.327 e. The first-order chi connectivity index (χ1) is 35.3. The van der Waals surface area contributed by atoms with E-state index in [0.29, 0.717) is 86.5 Å². The lowest BCUT2D eigenvalue weighted by atomic mass is 10.1. The van der Waals surface area contributed by atoms with E-state index in [1.54, 1.807) is 85.3 Å². The van der Waals surface area contributed by atoms with Gasteiger partial charge < -0.3 is 49.4 Å². The van der Waals surface area contributed by atoms with E-state index in [2.05, 4.69) is 38.6 Å². The van der Waals surface area contributed by atoms with Crippen LogP contribution in [0.3, 0.4) is 0 Å². The van der Waals surface area contributed by atoms with E-state index in [-0.39, 0.29) is 18.6 Å². The van der Waals surface area contributed by atoms with Crippen LogP contribution < -0.4 is 55.6 Å². The third kappa shape index (κ3) is 11.1. The summed E-state index contributed by atoms with van der Waals surface area (Å²) < 4.78 is 25.3. The Kier molecular flexibility index (Phi) is 16.0. The summed E-state index contributed by atoms with van der Waals surface area (Å²) in [5.41, 5.74) is 3.26. The van der Waals surface area contributed by atoms with Crippen molar-refractivity contribution in [2.24, 2.45) is 0 Å². The predicted octanol–water partition coefficient (Wildman–Crippen LogP) is 6.68. The van der Waals surface area contributed by atoms with Crippen molar-refractivity contribution < 1.29 is 25.2 Å². The molecule has 2 atom stereocenters. The van der Waals surface area contributed by atoms with Crippen LogP contribution in [0.4, 0.5) is 21.9 Å². The van der Waals surface area contributed by atoms with Gasteiger partial charge >= 0.3 is 6.03 Å². The topological polar surface area (TPSA) is 188 Å². The number of anilines is 3. The lowest BCUT2D eigenvalue weighted by Gasteiger charge is -2.38. The summed E-state index contributed by atoms with van der Waals surface area (Å²) in [5.74, 6) is 3.44. The first kappa shape index (κ1) is 51.0. The van der Waals surface area contributed by atoms with Crippen LogP contribution in [-0.4, -0.2) is 130 Å². The monoisotopic (exact) mass is 994 g/mol. The van der Waals surface area contributed by atoms with E-state index < -0.39 is 12.1 Å². The van der Waals surface area contributed by atoms with Gasteiger partial charge in [-0.15, -0.1) is 0 Å². The number of aromatic nitrogens is 4. The van der Waals surface area contributed by atoms with Gasteiger partial charge in [0.1, 0.15) is 23.0 Å². The summed E-state index contributed by atoms with van der Waals surface area (Å²) in [7, 11) is 10.5. The van der Waals surface area contributed by atoms with Crippen molar-refractivity contribution in [2.75, 3.05) is 120 Å². The van der Waals surface area contributed by atoms with Crippen LogP contribution in [0.1, 0.15) is 44.6 Å². The van der Waals surface area contributed by atoms with Crippen molar-refractivity contribution in [1.82, 2.24) is 29.1 Å². The van der Waals surface area contributed by atoms with Crippen LogP contribution in [0.5, 0.6) is 23.0 Å². The number of carbonyl (C=O) groups excluding carboxylic acids is 1. The largest absolute Gasteiger partial charge is 0.497 e. The van der Waals surface area contributed by atoms with E-state index in [1.165, 1.54) is 12.0 Å². The number of ether oxygens (including phenoxy) is 4. The molecule has 2 aliphatic heterocycles. The molecule has 0 aliphatic carbocycles. The van der Waals surface area contributed by atoms with Crippen LogP contribution in [0, 0.1) is 11.3 Å². The number of likely N-dealkylation sites (N-methyl/N-ethyl adjacent to an activating group) is 2. The predicted molar refractivity (Wildman–Crippen MR) is 287 cm³/mol. The summed E-state index contributed by atoms with van der Waals surface area (Å²) in [5, 5.41) is 20.8. The van der Waals surface area contributed by atoms with Crippen LogP contribution in [-0.2, 0) is 0 Å². The van der Waals surface area contributed by atoms with Gasteiger partial charge in [-0.25, -0.2) is 24.1 Å². The highest BCUT2D eigenvalue weighted by atomic mass is 16.5. The molecule has 7 aromatic rings. The van der Waals surface area contributed by atoms with Crippen molar-refractivity contribution in [3.63, 3.8) is 0 Å². The first-order valence-electron chi connectivity index (χ1n) is 24.1. The molecule has 2 fully saturated rings. The highest BCUT2D eigenvalue weighted by Crippen LogP contribution is 2.38. The van der Waals surface area contributed by atoms with Gasteiger partial charge in [-0.2, -0.15) is 5.26 Å². The van der Waals surface area contributed by atoms with Crippen LogP contribution in [0.25, 0.3) is 21.8 Å². The van der Waals surface area contributed by atoms with Gasteiger partial charge in [-0.3, -0.25) is 14.5 Å². The van der Waals surface area contributed by atoms with E-state index in [4.69, 9.17) is 28.9 Å². The molecule has 19 heteroatoms. The third-order valence-corrected chi connectivity index (χ3v) is 13.1. The second-order valence-corrected chi connectivity index (χ2v) is 17.9. The number of para-hydroxylation sites is 2. The minimum atomic E-state index is -0.720. The molecular weight excluding hydrogens is 929 g/mol. The minimum absolute atomic E-state index is 0. The number of piperazine rings is 2. The average molecular weight is 994 g/mol. The summed E-state index contributed by atoms with van der Waals surface area (Å²) >= 11 is 0.